The van der Waals surface area contributed by atoms with Gasteiger partial charge in [-0.05, 0) is 30.5 Å². The molecule has 2 heterocycles. The van der Waals surface area contributed by atoms with Gasteiger partial charge >= 0.3 is 0 Å². The number of hydrogen-bond acceptors (Lipinski definition) is 5. The number of imide groups is 1. The Hall–Kier alpha value is -1.96. The lowest BCUT2D eigenvalue weighted by molar-refractivity contribution is -0.140. The van der Waals surface area contributed by atoms with Gasteiger partial charge in [0.25, 0.3) is 0 Å². The lowest BCUT2D eigenvalue weighted by Gasteiger charge is -2.36. The maximum atomic E-state index is 12.8. The lowest BCUT2D eigenvalue weighted by atomic mass is 10.1. The number of carbonyl (C=O) groups is 3. The van der Waals surface area contributed by atoms with Crippen molar-refractivity contribution in [1.29, 1.82) is 0 Å². The van der Waals surface area contributed by atoms with Crippen LogP contribution < -0.4 is 5.32 Å². The van der Waals surface area contributed by atoms with Gasteiger partial charge in [-0.25, -0.2) is 0 Å². The van der Waals surface area contributed by atoms with E-state index in [9.17, 15) is 14.4 Å². The number of carbonyl (C=O) groups excluding carboxylic acids is 3. The van der Waals surface area contributed by atoms with Crippen LogP contribution in [0.3, 0.4) is 0 Å². The molecule has 7 nitrogen and oxygen atoms in total. The van der Waals surface area contributed by atoms with E-state index in [1.54, 1.807) is 12.1 Å². The highest BCUT2D eigenvalue weighted by atomic mass is 35.5. The Morgan fingerprint density at radius 3 is 2.39 bits per heavy atom. The van der Waals surface area contributed by atoms with Crippen LogP contribution in [0.25, 0.3) is 0 Å². The monoisotopic (exact) mass is 404 g/mol. The van der Waals surface area contributed by atoms with Crippen molar-refractivity contribution in [2.75, 3.05) is 32.7 Å². The Kier molecular flexibility index (Phi) is 5.66. The van der Waals surface area contributed by atoms with Gasteiger partial charge in [0.15, 0.2) is 0 Å². The van der Waals surface area contributed by atoms with Crippen molar-refractivity contribution in [2.45, 2.75) is 37.9 Å². The molecule has 0 radical (unpaired) electrons. The van der Waals surface area contributed by atoms with Gasteiger partial charge in [0, 0.05) is 37.2 Å². The molecule has 0 unspecified atom stereocenters. The molecule has 4 rings (SSSR count). The minimum atomic E-state index is -0.387. The van der Waals surface area contributed by atoms with E-state index >= 15 is 0 Å². The number of nitrogens with zero attached hydrogens (tertiary/aromatic N) is 3. The van der Waals surface area contributed by atoms with Gasteiger partial charge < -0.3 is 5.32 Å². The van der Waals surface area contributed by atoms with Crippen molar-refractivity contribution in [3.63, 3.8) is 0 Å². The third kappa shape index (κ3) is 4.54. The smallest absolute Gasteiger partial charge is 0.247 e. The van der Waals surface area contributed by atoms with E-state index in [-0.39, 0.29) is 36.7 Å². The quantitative estimate of drug-likeness (QED) is 0.712. The zero-order valence-electron chi connectivity index (χ0n) is 15.8. The predicted molar refractivity (Wildman–Crippen MR) is 105 cm³/mol. The summed E-state index contributed by atoms with van der Waals surface area (Å²) in [6.45, 7) is 3.53. The van der Waals surface area contributed by atoms with Gasteiger partial charge in [-0.15, -0.1) is 0 Å². The van der Waals surface area contributed by atoms with Crippen molar-refractivity contribution in [2.24, 2.45) is 0 Å². The van der Waals surface area contributed by atoms with Gasteiger partial charge in [0.2, 0.25) is 17.7 Å². The minimum absolute atomic E-state index is 0.0808. The number of piperazine rings is 1. The third-order valence-corrected chi connectivity index (χ3v) is 5.88. The summed E-state index contributed by atoms with van der Waals surface area (Å²) in [7, 11) is 0. The number of amides is 3. The second kappa shape index (κ2) is 8.19. The average molecular weight is 405 g/mol. The first-order valence-electron chi connectivity index (χ1n) is 9.84. The zero-order valence-corrected chi connectivity index (χ0v) is 16.5. The zero-order chi connectivity index (χ0) is 19.7. The van der Waals surface area contributed by atoms with Gasteiger partial charge in [0.1, 0.15) is 0 Å². The van der Waals surface area contributed by atoms with Crippen LogP contribution in [0.1, 0.15) is 24.8 Å². The maximum Gasteiger partial charge on any atom is 0.247 e. The summed E-state index contributed by atoms with van der Waals surface area (Å²) < 4.78 is 0. The SMILES string of the molecule is O=C(CN1CCN([C@H]2CC(=O)N(Cc3ccc(Cl)cc3)C2=O)CC1)NC1CC1. The van der Waals surface area contributed by atoms with Gasteiger partial charge in [0.05, 0.1) is 25.6 Å². The van der Waals surface area contributed by atoms with Crippen LogP contribution in [0, 0.1) is 0 Å². The van der Waals surface area contributed by atoms with Crippen LogP contribution in [0.5, 0.6) is 0 Å². The molecular formula is C20H25ClN4O3. The molecule has 3 fully saturated rings. The molecule has 1 aromatic carbocycles. The van der Waals surface area contributed by atoms with Gasteiger partial charge in [-0.2, -0.15) is 0 Å². The van der Waals surface area contributed by atoms with Crippen molar-refractivity contribution in [3.05, 3.63) is 34.9 Å². The standard InChI is InChI=1S/C20H25ClN4O3/c21-15-3-1-14(2-4-15)12-25-19(27)11-17(20(25)28)24-9-7-23(8-10-24)13-18(26)22-16-5-6-16/h1-4,16-17H,5-13H2,(H,22,26)/t17-/m0/s1. The average Bonchev–Trinajstić information content (AvgIpc) is 3.44. The van der Waals surface area contributed by atoms with E-state index in [1.165, 1.54) is 4.90 Å². The summed E-state index contributed by atoms with van der Waals surface area (Å²) in [4.78, 5) is 42.7. The number of rotatable bonds is 6. The second-order valence-electron chi connectivity index (χ2n) is 7.82. The normalized spacial score (nSPS) is 24.0. The first-order chi connectivity index (χ1) is 13.5. The maximum absolute atomic E-state index is 12.8. The van der Waals surface area contributed by atoms with Gasteiger partial charge in [-0.3, -0.25) is 29.1 Å². The van der Waals surface area contributed by atoms with Crippen molar-refractivity contribution in [1.82, 2.24) is 20.0 Å². The first kappa shape index (κ1) is 19.4. The summed E-state index contributed by atoms with van der Waals surface area (Å²) in [5, 5.41) is 3.63. The van der Waals surface area contributed by atoms with Crippen LogP contribution in [-0.2, 0) is 20.9 Å². The molecule has 3 amide bonds. The molecule has 1 atom stereocenters. The van der Waals surface area contributed by atoms with Gasteiger partial charge in [-0.1, -0.05) is 23.7 Å². The Bertz CT molecular complexity index is 757. The molecule has 150 valence electrons. The van der Waals surface area contributed by atoms with Crippen LogP contribution in [-0.4, -0.2) is 77.2 Å². The molecule has 28 heavy (non-hydrogen) atoms. The molecule has 0 spiro atoms. The number of likely N-dealkylation sites (tertiary alicyclic amines) is 1. The van der Waals surface area contributed by atoms with E-state index in [4.69, 9.17) is 11.6 Å². The number of halogens is 1. The van der Waals surface area contributed by atoms with Crippen molar-refractivity contribution >= 4 is 29.3 Å². The molecular weight excluding hydrogens is 380 g/mol. The van der Waals surface area contributed by atoms with E-state index in [1.807, 2.05) is 12.1 Å². The molecule has 1 aliphatic carbocycles. The lowest BCUT2D eigenvalue weighted by Crippen LogP contribution is -2.54. The highest BCUT2D eigenvalue weighted by Gasteiger charge is 2.42. The highest BCUT2D eigenvalue weighted by molar-refractivity contribution is 6.30. The fourth-order valence-corrected chi connectivity index (χ4v) is 3.95. The van der Waals surface area contributed by atoms with E-state index in [0.717, 1.165) is 31.5 Å². The summed E-state index contributed by atoms with van der Waals surface area (Å²) in [5.41, 5.74) is 0.887. The Morgan fingerprint density at radius 2 is 1.75 bits per heavy atom. The van der Waals surface area contributed by atoms with Crippen LogP contribution in [0.2, 0.25) is 5.02 Å². The first-order valence-corrected chi connectivity index (χ1v) is 10.2. The molecule has 2 saturated heterocycles. The molecule has 0 bridgehead atoms. The molecule has 1 saturated carbocycles. The summed E-state index contributed by atoms with van der Waals surface area (Å²) >= 11 is 5.90. The number of nitrogens with one attached hydrogen (secondary N) is 1. The summed E-state index contributed by atoms with van der Waals surface area (Å²) in [5.74, 6) is -0.173. The molecule has 2 aliphatic heterocycles. The fraction of sp³-hybridized carbons (Fsp3) is 0.550. The van der Waals surface area contributed by atoms with Crippen molar-refractivity contribution < 1.29 is 14.4 Å². The predicted octanol–water partition coefficient (Wildman–Crippen LogP) is 0.864. The summed E-state index contributed by atoms with van der Waals surface area (Å²) in [6.07, 6.45) is 2.41. The largest absolute Gasteiger partial charge is 0.352 e. The Morgan fingerprint density at radius 1 is 1.07 bits per heavy atom. The topological polar surface area (TPSA) is 73.0 Å². The molecule has 8 heteroatoms. The molecule has 1 N–H and O–H groups in total. The summed E-state index contributed by atoms with van der Waals surface area (Å²) in [6, 6.07) is 7.18. The van der Waals surface area contributed by atoms with Crippen LogP contribution >= 0.6 is 11.6 Å². The van der Waals surface area contributed by atoms with E-state index < -0.39 is 0 Å². The third-order valence-electron chi connectivity index (χ3n) is 5.63. The second-order valence-corrected chi connectivity index (χ2v) is 8.25. The van der Waals surface area contributed by atoms with Crippen LogP contribution in [0.4, 0.5) is 0 Å². The Labute approximate surface area is 169 Å². The number of benzene rings is 1. The van der Waals surface area contributed by atoms with E-state index in [0.29, 0.717) is 30.7 Å². The van der Waals surface area contributed by atoms with E-state index in [2.05, 4.69) is 15.1 Å². The minimum Gasteiger partial charge on any atom is -0.352 e. The molecule has 0 aromatic heterocycles. The Balaban J connectivity index is 1.29. The highest BCUT2D eigenvalue weighted by Crippen LogP contribution is 2.23. The molecule has 1 aromatic rings. The molecule has 3 aliphatic rings. The van der Waals surface area contributed by atoms with Crippen molar-refractivity contribution in [3.8, 4) is 0 Å². The fourth-order valence-electron chi connectivity index (χ4n) is 3.83. The number of hydrogen-bond donors (Lipinski definition) is 1. The van der Waals surface area contributed by atoms with Crippen LogP contribution in [0.15, 0.2) is 24.3 Å².